The molecule has 0 spiro atoms. The summed E-state index contributed by atoms with van der Waals surface area (Å²) in [5, 5.41) is 12.3. The molecule has 0 atom stereocenters. The zero-order valence-electron chi connectivity index (χ0n) is 15.8. The highest BCUT2D eigenvalue weighted by atomic mass is 32.2. The van der Waals surface area contributed by atoms with Crippen LogP contribution in [-0.4, -0.2) is 31.4 Å². The van der Waals surface area contributed by atoms with E-state index in [1.807, 2.05) is 37.3 Å². The molecular weight excluding hydrogens is 358 g/mol. The number of nitrogens with zero attached hydrogens (tertiary/aromatic N) is 4. The van der Waals surface area contributed by atoms with E-state index in [0.29, 0.717) is 0 Å². The second-order valence-electron chi connectivity index (χ2n) is 6.33. The van der Waals surface area contributed by atoms with Crippen LogP contribution < -0.4 is 5.32 Å². The van der Waals surface area contributed by atoms with E-state index in [1.54, 1.807) is 12.4 Å². The molecule has 0 bridgehead atoms. The van der Waals surface area contributed by atoms with E-state index in [2.05, 4.69) is 38.9 Å². The van der Waals surface area contributed by atoms with Crippen molar-refractivity contribution in [2.45, 2.75) is 38.9 Å². The van der Waals surface area contributed by atoms with Crippen molar-refractivity contribution in [1.82, 2.24) is 19.7 Å². The van der Waals surface area contributed by atoms with E-state index in [4.69, 9.17) is 0 Å². The average molecular weight is 382 g/mol. The van der Waals surface area contributed by atoms with Gasteiger partial charge in [0.1, 0.15) is 0 Å². The molecule has 1 amide bonds. The highest BCUT2D eigenvalue weighted by Crippen LogP contribution is 2.24. The lowest BCUT2D eigenvalue weighted by Gasteiger charge is -2.09. The van der Waals surface area contributed by atoms with Crippen LogP contribution in [0.25, 0.3) is 11.4 Å². The molecule has 0 saturated carbocycles. The van der Waals surface area contributed by atoms with Gasteiger partial charge in [-0.3, -0.25) is 9.78 Å². The van der Waals surface area contributed by atoms with Gasteiger partial charge in [-0.15, -0.1) is 10.2 Å². The van der Waals surface area contributed by atoms with Crippen LogP contribution >= 0.6 is 11.8 Å². The molecule has 0 aliphatic rings. The monoisotopic (exact) mass is 381 g/mol. The van der Waals surface area contributed by atoms with Crippen molar-refractivity contribution in [2.24, 2.45) is 0 Å². The van der Waals surface area contributed by atoms with Gasteiger partial charge >= 0.3 is 0 Å². The maximum Gasteiger partial charge on any atom is 0.234 e. The predicted octanol–water partition coefficient (Wildman–Crippen LogP) is 4.10. The zero-order valence-corrected chi connectivity index (χ0v) is 16.6. The lowest BCUT2D eigenvalue weighted by atomic mass is 10.1. The first kappa shape index (κ1) is 19.1. The van der Waals surface area contributed by atoms with Crippen molar-refractivity contribution in [2.75, 3.05) is 11.1 Å². The Hall–Kier alpha value is -2.67. The first-order valence-electron chi connectivity index (χ1n) is 8.92. The molecule has 1 N–H and O–H groups in total. The summed E-state index contributed by atoms with van der Waals surface area (Å²) in [5.41, 5.74) is 4.15. The van der Waals surface area contributed by atoms with Gasteiger partial charge in [0.25, 0.3) is 0 Å². The molecule has 2 aromatic heterocycles. The van der Waals surface area contributed by atoms with Crippen molar-refractivity contribution in [1.29, 1.82) is 0 Å². The molecule has 27 heavy (non-hydrogen) atoms. The van der Waals surface area contributed by atoms with Gasteiger partial charge in [0.05, 0.1) is 5.75 Å². The number of nitrogens with one attached hydrogen (secondary N) is 1. The molecule has 6 nitrogen and oxygen atoms in total. The Morgan fingerprint density at radius 1 is 1.11 bits per heavy atom. The van der Waals surface area contributed by atoms with E-state index >= 15 is 0 Å². The summed E-state index contributed by atoms with van der Waals surface area (Å²) < 4.78 is 2.06. The fourth-order valence-corrected chi connectivity index (χ4v) is 3.45. The lowest BCUT2D eigenvalue weighted by Crippen LogP contribution is -2.15. The summed E-state index contributed by atoms with van der Waals surface area (Å²) in [5.74, 6) is 1.03. The molecule has 3 rings (SSSR count). The molecule has 2 heterocycles. The minimum atomic E-state index is -0.0558. The summed E-state index contributed by atoms with van der Waals surface area (Å²) in [7, 11) is 0. The van der Waals surface area contributed by atoms with Crippen molar-refractivity contribution in [3.8, 4) is 11.4 Å². The van der Waals surface area contributed by atoms with Crippen LogP contribution in [0.3, 0.4) is 0 Å². The van der Waals surface area contributed by atoms with Gasteiger partial charge in [-0.05, 0) is 55.7 Å². The molecule has 0 saturated heterocycles. The van der Waals surface area contributed by atoms with Crippen LogP contribution in [0.1, 0.15) is 24.5 Å². The van der Waals surface area contributed by atoms with Crippen LogP contribution in [-0.2, 0) is 11.3 Å². The Morgan fingerprint density at radius 2 is 1.89 bits per heavy atom. The number of hydrogen-bond donors (Lipinski definition) is 1. The van der Waals surface area contributed by atoms with Crippen molar-refractivity contribution < 1.29 is 4.79 Å². The number of amides is 1. The predicted molar refractivity (Wildman–Crippen MR) is 109 cm³/mol. The highest BCUT2D eigenvalue weighted by Gasteiger charge is 2.15. The standard InChI is InChI=1S/C20H23N5OS/c1-4-11-25-19(16-7-9-21-10-8-16)23-24-20(25)27-13-18(26)22-17-6-5-14(2)15(3)12-17/h5-10,12H,4,11,13H2,1-3H3,(H,22,26). The molecule has 1 aromatic carbocycles. The van der Waals surface area contributed by atoms with E-state index in [1.165, 1.54) is 17.3 Å². The van der Waals surface area contributed by atoms with Gasteiger partial charge < -0.3 is 9.88 Å². The molecule has 7 heteroatoms. The summed E-state index contributed by atoms with van der Waals surface area (Å²) in [6, 6.07) is 9.75. The summed E-state index contributed by atoms with van der Waals surface area (Å²) in [6.45, 7) is 6.99. The van der Waals surface area contributed by atoms with Crippen LogP contribution in [0.15, 0.2) is 47.9 Å². The molecule has 0 fully saturated rings. The zero-order chi connectivity index (χ0) is 19.2. The third kappa shape index (κ3) is 4.74. The molecule has 0 radical (unpaired) electrons. The Kier molecular flexibility index (Phi) is 6.24. The normalized spacial score (nSPS) is 10.8. The fourth-order valence-electron chi connectivity index (χ4n) is 2.68. The van der Waals surface area contributed by atoms with Gasteiger partial charge in [0.15, 0.2) is 11.0 Å². The number of pyridine rings is 1. The van der Waals surface area contributed by atoms with Crippen molar-refractivity contribution in [3.05, 3.63) is 53.9 Å². The molecule has 0 aliphatic heterocycles. The number of thioether (sulfide) groups is 1. The molecule has 140 valence electrons. The van der Waals surface area contributed by atoms with Gasteiger partial charge in [0, 0.05) is 30.2 Å². The van der Waals surface area contributed by atoms with Crippen LogP contribution in [0, 0.1) is 13.8 Å². The van der Waals surface area contributed by atoms with Gasteiger partial charge in [-0.1, -0.05) is 24.8 Å². The number of aromatic nitrogens is 4. The van der Waals surface area contributed by atoms with E-state index in [-0.39, 0.29) is 11.7 Å². The number of aryl methyl sites for hydroxylation is 2. The van der Waals surface area contributed by atoms with Crippen LogP contribution in [0.2, 0.25) is 0 Å². The molecule has 0 unspecified atom stereocenters. The minimum Gasteiger partial charge on any atom is -0.325 e. The van der Waals surface area contributed by atoms with Crippen molar-refractivity contribution in [3.63, 3.8) is 0 Å². The quantitative estimate of drug-likeness (QED) is 0.624. The smallest absolute Gasteiger partial charge is 0.234 e. The second-order valence-corrected chi connectivity index (χ2v) is 7.27. The second kappa shape index (κ2) is 8.81. The number of hydrogen-bond acceptors (Lipinski definition) is 5. The maximum atomic E-state index is 12.3. The number of benzene rings is 1. The van der Waals surface area contributed by atoms with Crippen LogP contribution in [0.4, 0.5) is 5.69 Å². The van der Waals surface area contributed by atoms with Gasteiger partial charge in [-0.25, -0.2) is 0 Å². The fraction of sp³-hybridized carbons (Fsp3) is 0.300. The third-order valence-electron chi connectivity index (χ3n) is 4.23. The number of anilines is 1. The first-order valence-corrected chi connectivity index (χ1v) is 9.90. The summed E-state index contributed by atoms with van der Waals surface area (Å²) >= 11 is 1.40. The van der Waals surface area contributed by atoms with Gasteiger partial charge in [-0.2, -0.15) is 0 Å². The number of rotatable bonds is 7. The highest BCUT2D eigenvalue weighted by molar-refractivity contribution is 7.99. The van der Waals surface area contributed by atoms with E-state index in [0.717, 1.165) is 40.8 Å². The van der Waals surface area contributed by atoms with Crippen LogP contribution in [0.5, 0.6) is 0 Å². The average Bonchev–Trinajstić information content (AvgIpc) is 3.07. The van der Waals surface area contributed by atoms with E-state index < -0.39 is 0 Å². The maximum absolute atomic E-state index is 12.3. The topological polar surface area (TPSA) is 72.7 Å². The van der Waals surface area contributed by atoms with Crippen molar-refractivity contribution >= 4 is 23.4 Å². The molecule has 3 aromatic rings. The van der Waals surface area contributed by atoms with E-state index in [9.17, 15) is 4.79 Å². The Morgan fingerprint density at radius 3 is 2.59 bits per heavy atom. The number of carbonyl (C=O) groups is 1. The Balaban J connectivity index is 1.69. The lowest BCUT2D eigenvalue weighted by molar-refractivity contribution is -0.113. The summed E-state index contributed by atoms with van der Waals surface area (Å²) in [6.07, 6.45) is 4.44. The summed E-state index contributed by atoms with van der Waals surface area (Å²) in [4.78, 5) is 16.4. The first-order chi connectivity index (χ1) is 13.1. The van der Waals surface area contributed by atoms with Gasteiger partial charge in [0.2, 0.25) is 5.91 Å². The Bertz CT molecular complexity index is 923. The number of carbonyl (C=O) groups excluding carboxylic acids is 1. The largest absolute Gasteiger partial charge is 0.325 e. The third-order valence-corrected chi connectivity index (χ3v) is 5.19. The molecule has 0 aliphatic carbocycles. The SMILES string of the molecule is CCCn1c(SCC(=O)Nc2ccc(C)c(C)c2)nnc1-c1ccncc1. The molecular formula is C20H23N5OS. The Labute approximate surface area is 163 Å². The minimum absolute atomic E-state index is 0.0558.